The van der Waals surface area contributed by atoms with Crippen LogP contribution in [0.2, 0.25) is 0 Å². The van der Waals surface area contributed by atoms with Crippen LogP contribution in [0.4, 0.5) is 0 Å². The average Bonchev–Trinajstić information content (AvgIpc) is 2.52. The van der Waals surface area contributed by atoms with Gasteiger partial charge in [-0.1, -0.05) is 18.2 Å². The number of nitrogens with one attached hydrogen (secondary N) is 1. The average molecular weight is 221 g/mol. The lowest BCUT2D eigenvalue weighted by molar-refractivity contribution is -0.124. The minimum atomic E-state index is -0.473. The number of carbonyl (C=O) groups excluding carboxylic acids is 1. The molecule has 1 atom stereocenters. The van der Waals surface area contributed by atoms with Gasteiger partial charge in [0.15, 0.2) is 0 Å². The third-order valence-electron chi connectivity index (χ3n) is 2.67. The minimum absolute atomic E-state index is 0.0571. The van der Waals surface area contributed by atoms with E-state index in [1.54, 1.807) is 0 Å². The molecule has 1 aliphatic rings. The van der Waals surface area contributed by atoms with Gasteiger partial charge in [0, 0.05) is 5.56 Å². The highest BCUT2D eigenvalue weighted by Gasteiger charge is 2.20. The zero-order valence-electron chi connectivity index (χ0n) is 8.98. The van der Waals surface area contributed by atoms with Crippen molar-refractivity contribution in [2.24, 2.45) is 0 Å². The number of fused-ring (bicyclic) bond motifs is 1. The summed E-state index contributed by atoms with van der Waals surface area (Å²) in [4.78, 5) is 11.2. The third-order valence-corrected chi connectivity index (χ3v) is 2.67. The van der Waals surface area contributed by atoms with Crippen molar-refractivity contribution in [3.63, 3.8) is 0 Å². The van der Waals surface area contributed by atoms with Gasteiger partial charge in [-0.05, 0) is 18.9 Å². The van der Waals surface area contributed by atoms with Gasteiger partial charge in [0.1, 0.15) is 12.4 Å². The molecule has 0 saturated carbocycles. The van der Waals surface area contributed by atoms with Crippen LogP contribution in [0, 0.1) is 0 Å². The van der Waals surface area contributed by atoms with Crippen molar-refractivity contribution in [1.29, 1.82) is 0 Å². The molecule has 0 aliphatic carbocycles. The SMILES string of the molecule is O=C(CO)NC1CCCOc2ccccc21. The second kappa shape index (κ2) is 4.99. The zero-order valence-corrected chi connectivity index (χ0v) is 8.98. The Bertz CT molecular complexity index is 378. The Labute approximate surface area is 94.2 Å². The van der Waals surface area contributed by atoms with E-state index in [-0.39, 0.29) is 11.9 Å². The lowest BCUT2D eigenvalue weighted by Gasteiger charge is -2.17. The number of hydrogen-bond acceptors (Lipinski definition) is 3. The number of carbonyl (C=O) groups is 1. The molecule has 4 heteroatoms. The Hall–Kier alpha value is -1.55. The van der Waals surface area contributed by atoms with Gasteiger partial charge in [-0.25, -0.2) is 0 Å². The smallest absolute Gasteiger partial charge is 0.246 e. The van der Waals surface area contributed by atoms with Gasteiger partial charge in [0.05, 0.1) is 12.6 Å². The van der Waals surface area contributed by atoms with Crippen molar-refractivity contribution >= 4 is 5.91 Å². The molecule has 0 aromatic heterocycles. The van der Waals surface area contributed by atoms with Crippen molar-refractivity contribution in [1.82, 2.24) is 5.32 Å². The molecule has 0 fully saturated rings. The fourth-order valence-electron chi connectivity index (χ4n) is 1.91. The number of rotatable bonds is 2. The summed E-state index contributed by atoms with van der Waals surface area (Å²) in [7, 11) is 0. The summed E-state index contributed by atoms with van der Waals surface area (Å²) >= 11 is 0. The van der Waals surface area contributed by atoms with E-state index in [9.17, 15) is 4.79 Å². The van der Waals surface area contributed by atoms with E-state index in [1.165, 1.54) is 0 Å². The van der Waals surface area contributed by atoms with Gasteiger partial charge < -0.3 is 15.2 Å². The first-order valence-corrected chi connectivity index (χ1v) is 5.43. The molecule has 0 spiro atoms. The highest BCUT2D eigenvalue weighted by atomic mass is 16.5. The van der Waals surface area contributed by atoms with E-state index >= 15 is 0 Å². The van der Waals surface area contributed by atoms with E-state index in [1.807, 2.05) is 24.3 Å². The molecule has 2 N–H and O–H groups in total. The highest BCUT2D eigenvalue weighted by molar-refractivity contribution is 5.77. The predicted molar refractivity (Wildman–Crippen MR) is 59.1 cm³/mol. The quantitative estimate of drug-likeness (QED) is 0.783. The minimum Gasteiger partial charge on any atom is -0.493 e. The van der Waals surface area contributed by atoms with Crippen LogP contribution in [0.15, 0.2) is 24.3 Å². The summed E-state index contributed by atoms with van der Waals surface area (Å²) in [6, 6.07) is 7.63. The van der Waals surface area contributed by atoms with Crippen LogP contribution in [-0.4, -0.2) is 24.2 Å². The largest absolute Gasteiger partial charge is 0.493 e. The van der Waals surface area contributed by atoms with E-state index in [4.69, 9.17) is 9.84 Å². The number of amides is 1. The zero-order chi connectivity index (χ0) is 11.4. The van der Waals surface area contributed by atoms with Gasteiger partial charge >= 0.3 is 0 Å². The van der Waals surface area contributed by atoms with Crippen LogP contribution in [0.25, 0.3) is 0 Å². The van der Waals surface area contributed by atoms with Gasteiger partial charge in [-0.3, -0.25) is 4.79 Å². The van der Waals surface area contributed by atoms with Gasteiger partial charge in [-0.15, -0.1) is 0 Å². The first-order chi connectivity index (χ1) is 7.81. The molecule has 0 radical (unpaired) electrons. The van der Waals surface area contributed by atoms with Crippen LogP contribution < -0.4 is 10.1 Å². The summed E-state index contributed by atoms with van der Waals surface area (Å²) in [5.74, 6) is 0.477. The molecular formula is C12H15NO3. The number of benzene rings is 1. The maximum absolute atomic E-state index is 11.2. The monoisotopic (exact) mass is 221 g/mol. The molecule has 16 heavy (non-hydrogen) atoms. The van der Waals surface area contributed by atoms with Crippen LogP contribution in [0.5, 0.6) is 5.75 Å². The summed E-state index contributed by atoms with van der Waals surface area (Å²) < 4.78 is 5.58. The molecule has 1 amide bonds. The van der Waals surface area contributed by atoms with Crippen molar-refractivity contribution < 1.29 is 14.6 Å². The lowest BCUT2D eigenvalue weighted by atomic mass is 10.0. The second-order valence-corrected chi connectivity index (χ2v) is 3.81. The molecule has 1 aromatic rings. The molecule has 0 bridgehead atoms. The molecule has 1 heterocycles. The number of aliphatic hydroxyl groups is 1. The Morgan fingerprint density at radius 1 is 1.50 bits per heavy atom. The molecule has 4 nitrogen and oxygen atoms in total. The Kier molecular flexibility index (Phi) is 3.41. The molecule has 86 valence electrons. The normalized spacial score (nSPS) is 19.2. The van der Waals surface area contributed by atoms with E-state index < -0.39 is 6.61 Å². The number of ether oxygens (including phenoxy) is 1. The van der Waals surface area contributed by atoms with Crippen LogP contribution >= 0.6 is 0 Å². The molecular weight excluding hydrogens is 206 g/mol. The maximum atomic E-state index is 11.2. The summed E-state index contributed by atoms with van der Waals surface area (Å²) in [6.07, 6.45) is 1.73. The molecule has 1 aliphatic heterocycles. The first kappa shape index (κ1) is 11.0. The summed E-state index contributed by atoms with van der Waals surface area (Å²) in [6.45, 7) is 0.196. The highest BCUT2D eigenvalue weighted by Crippen LogP contribution is 2.30. The Morgan fingerprint density at radius 3 is 3.12 bits per heavy atom. The molecule has 1 unspecified atom stereocenters. The lowest BCUT2D eigenvalue weighted by Crippen LogP contribution is -2.30. The van der Waals surface area contributed by atoms with E-state index in [2.05, 4.69) is 5.32 Å². The fourth-order valence-corrected chi connectivity index (χ4v) is 1.91. The summed E-state index contributed by atoms with van der Waals surface area (Å²) in [5.41, 5.74) is 0.988. The van der Waals surface area contributed by atoms with Crippen molar-refractivity contribution in [3.8, 4) is 5.75 Å². The maximum Gasteiger partial charge on any atom is 0.246 e. The van der Waals surface area contributed by atoms with Crippen molar-refractivity contribution in [2.45, 2.75) is 18.9 Å². The molecule has 1 aromatic carbocycles. The third kappa shape index (κ3) is 2.33. The Morgan fingerprint density at radius 2 is 2.31 bits per heavy atom. The molecule has 2 rings (SSSR count). The summed E-state index contributed by atoms with van der Waals surface area (Å²) in [5, 5.41) is 11.5. The standard InChI is InChI=1S/C12H15NO3/c14-8-12(15)13-10-5-3-7-16-11-6-2-1-4-9(10)11/h1-2,4,6,10,14H,3,5,7-8H2,(H,13,15). The van der Waals surface area contributed by atoms with Gasteiger partial charge in [0.25, 0.3) is 0 Å². The second-order valence-electron chi connectivity index (χ2n) is 3.81. The van der Waals surface area contributed by atoms with Crippen molar-refractivity contribution in [3.05, 3.63) is 29.8 Å². The van der Waals surface area contributed by atoms with Gasteiger partial charge in [0.2, 0.25) is 5.91 Å². The topological polar surface area (TPSA) is 58.6 Å². The fraction of sp³-hybridized carbons (Fsp3) is 0.417. The van der Waals surface area contributed by atoms with Crippen LogP contribution in [-0.2, 0) is 4.79 Å². The predicted octanol–water partition coefficient (Wildman–Crippen LogP) is 1.01. The number of aliphatic hydroxyl groups excluding tert-OH is 1. The first-order valence-electron chi connectivity index (χ1n) is 5.43. The van der Waals surface area contributed by atoms with Crippen LogP contribution in [0.1, 0.15) is 24.4 Å². The molecule has 0 saturated heterocycles. The van der Waals surface area contributed by atoms with E-state index in [0.29, 0.717) is 6.61 Å². The number of para-hydroxylation sites is 1. The van der Waals surface area contributed by atoms with Crippen molar-refractivity contribution in [2.75, 3.05) is 13.2 Å². The van der Waals surface area contributed by atoms with Gasteiger partial charge in [-0.2, -0.15) is 0 Å². The number of hydrogen-bond donors (Lipinski definition) is 2. The Balaban J connectivity index is 2.22. The van der Waals surface area contributed by atoms with E-state index in [0.717, 1.165) is 24.2 Å². The van der Waals surface area contributed by atoms with Crippen LogP contribution in [0.3, 0.4) is 0 Å².